The van der Waals surface area contributed by atoms with Crippen molar-refractivity contribution in [1.82, 2.24) is 15.5 Å². The molecular weight excluding hydrogens is 208 g/mol. The molecule has 2 unspecified atom stereocenters. The summed E-state index contributed by atoms with van der Waals surface area (Å²) in [5.41, 5.74) is 0. The molecule has 1 heterocycles. The molecular formula is C10H16N4O2. The summed E-state index contributed by atoms with van der Waals surface area (Å²) in [5, 5.41) is 13.4. The van der Waals surface area contributed by atoms with Crippen LogP contribution in [0, 0.1) is 11.3 Å². The second-order valence-corrected chi connectivity index (χ2v) is 3.77. The van der Waals surface area contributed by atoms with Crippen LogP contribution < -0.4 is 10.6 Å². The number of hydrogen-bond donors (Lipinski definition) is 2. The first-order chi connectivity index (χ1) is 7.60. The largest absolute Gasteiger partial charge is 0.341 e. The smallest absolute Gasteiger partial charge is 0.321 e. The summed E-state index contributed by atoms with van der Waals surface area (Å²) >= 11 is 0. The van der Waals surface area contributed by atoms with Gasteiger partial charge in [0.15, 0.2) is 0 Å². The molecule has 0 aliphatic carbocycles. The Morgan fingerprint density at radius 2 is 2.25 bits per heavy atom. The highest BCUT2D eigenvalue weighted by Crippen LogP contribution is 2.19. The van der Waals surface area contributed by atoms with E-state index >= 15 is 0 Å². The molecule has 0 saturated carbocycles. The van der Waals surface area contributed by atoms with Crippen LogP contribution in [0.2, 0.25) is 0 Å². The fraction of sp³-hybridized carbons (Fsp3) is 0.700. The van der Waals surface area contributed by atoms with Gasteiger partial charge >= 0.3 is 6.03 Å². The molecule has 1 rings (SSSR count). The highest BCUT2D eigenvalue weighted by atomic mass is 16.2. The van der Waals surface area contributed by atoms with Crippen molar-refractivity contribution in [2.24, 2.45) is 0 Å². The van der Waals surface area contributed by atoms with Gasteiger partial charge in [-0.2, -0.15) is 5.26 Å². The van der Waals surface area contributed by atoms with Gasteiger partial charge in [0.05, 0.1) is 18.2 Å². The van der Waals surface area contributed by atoms with Gasteiger partial charge in [0.2, 0.25) is 5.91 Å². The number of carbonyl (C=O) groups is 2. The molecule has 1 saturated heterocycles. The van der Waals surface area contributed by atoms with Crippen LogP contribution in [0.5, 0.6) is 0 Å². The van der Waals surface area contributed by atoms with Crippen LogP contribution in [-0.2, 0) is 4.79 Å². The average molecular weight is 224 g/mol. The van der Waals surface area contributed by atoms with Gasteiger partial charge in [0.1, 0.15) is 0 Å². The Morgan fingerprint density at radius 1 is 1.56 bits per heavy atom. The molecule has 16 heavy (non-hydrogen) atoms. The van der Waals surface area contributed by atoms with Crippen molar-refractivity contribution in [2.75, 3.05) is 13.6 Å². The number of nitrogens with zero attached hydrogens (tertiary/aromatic N) is 2. The zero-order chi connectivity index (χ0) is 12.1. The first-order valence-corrected chi connectivity index (χ1v) is 5.28. The predicted octanol–water partition coefficient (Wildman–Crippen LogP) is -0.182. The molecule has 3 amide bonds. The molecule has 1 aliphatic rings. The maximum atomic E-state index is 11.6. The zero-order valence-corrected chi connectivity index (χ0v) is 9.49. The normalized spacial score (nSPS) is 22.2. The Morgan fingerprint density at radius 3 is 2.81 bits per heavy atom. The topological polar surface area (TPSA) is 85.2 Å². The lowest BCUT2D eigenvalue weighted by Gasteiger charge is -2.25. The highest BCUT2D eigenvalue weighted by Gasteiger charge is 2.32. The van der Waals surface area contributed by atoms with Crippen LogP contribution in [0.25, 0.3) is 0 Å². The number of nitrogens with one attached hydrogen (secondary N) is 2. The minimum atomic E-state index is -0.524. The average Bonchev–Trinajstić information content (AvgIpc) is 2.75. The summed E-state index contributed by atoms with van der Waals surface area (Å²) in [5.74, 6) is -0.374. The summed E-state index contributed by atoms with van der Waals surface area (Å²) in [7, 11) is 1.45. The fourth-order valence-corrected chi connectivity index (χ4v) is 1.82. The number of likely N-dealkylation sites (tertiary alicyclic amines) is 1. The molecule has 2 N–H and O–H groups in total. The molecule has 1 fully saturated rings. The standard InChI is InChI=1S/C10H16N4O2/c1-7(9(15)13-10(16)12-2)14-5-3-4-8(14)6-11/h7-8H,3-5H2,1-2H3,(H2,12,13,15,16). The molecule has 0 bridgehead atoms. The molecule has 0 aromatic carbocycles. The van der Waals surface area contributed by atoms with Gasteiger partial charge in [-0.15, -0.1) is 0 Å². The van der Waals surface area contributed by atoms with E-state index in [2.05, 4.69) is 16.7 Å². The third kappa shape index (κ3) is 2.70. The van der Waals surface area contributed by atoms with Crippen molar-refractivity contribution in [3.63, 3.8) is 0 Å². The van der Waals surface area contributed by atoms with Crippen molar-refractivity contribution >= 4 is 11.9 Å². The van der Waals surface area contributed by atoms with E-state index in [9.17, 15) is 9.59 Å². The van der Waals surface area contributed by atoms with E-state index in [1.165, 1.54) is 7.05 Å². The van der Waals surface area contributed by atoms with E-state index in [4.69, 9.17) is 5.26 Å². The van der Waals surface area contributed by atoms with Crippen molar-refractivity contribution in [2.45, 2.75) is 31.8 Å². The van der Waals surface area contributed by atoms with Crippen LogP contribution >= 0.6 is 0 Å². The van der Waals surface area contributed by atoms with Crippen LogP contribution in [-0.4, -0.2) is 42.5 Å². The molecule has 6 nitrogen and oxygen atoms in total. The number of carbonyl (C=O) groups excluding carboxylic acids is 2. The molecule has 2 atom stereocenters. The van der Waals surface area contributed by atoms with Gasteiger partial charge < -0.3 is 5.32 Å². The van der Waals surface area contributed by atoms with Gasteiger partial charge in [-0.05, 0) is 19.8 Å². The maximum absolute atomic E-state index is 11.6. The first kappa shape index (κ1) is 12.5. The molecule has 0 aromatic rings. The lowest BCUT2D eigenvalue weighted by Crippen LogP contribution is -2.50. The van der Waals surface area contributed by atoms with E-state index in [-0.39, 0.29) is 11.9 Å². The number of rotatable bonds is 2. The third-order valence-electron chi connectivity index (χ3n) is 2.78. The lowest BCUT2D eigenvalue weighted by atomic mass is 10.2. The van der Waals surface area contributed by atoms with E-state index in [0.717, 1.165) is 19.4 Å². The second kappa shape index (κ2) is 5.47. The van der Waals surface area contributed by atoms with Gasteiger partial charge in [-0.25, -0.2) is 4.79 Å². The quantitative estimate of drug-likeness (QED) is 0.681. The minimum absolute atomic E-state index is 0.217. The SMILES string of the molecule is CNC(=O)NC(=O)C(C)N1CCCC1C#N. The monoisotopic (exact) mass is 224 g/mol. The van der Waals surface area contributed by atoms with E-state index in [0.29, 0.717) is 0 Å². The predicted molar refractivity (Wildman–Crippen MR) is 57.4 cm³/mol. The van der Waals surface area contributed by atoms with E-state index < -0.39 is 12.1 Å². The molecule has 0 spiro atoms. The molecule has 1 aliphatic heterocycles. The van der Waals surface area contributed by atoms with Gasteiger partial charge in [0.25, 0.3) is 0 Å². The number of urea groups is 1. The van der Waals surface area contributed by atoms with E-state index in [1.807, 2.05) is 4.90 Å². The van der Waals surface area contributed by atoms with Gasteiger partial charge in [-0.3, -0.25) is 15.0 Å². The fourth-order valence-electron chi connectivity index (χ4n) is 1.82. The van der Waals surface area contributed by atoms with Crippen molar-refractivity contribution < 1.29 is 9.59 Å². The highest BCUT2D eigenvalue weighted by molar-refractivity contribution is 5.96. The second-order valence-electron chi connectivity index (χ2n) is 3.77. The van der Waals surface area contributed by atoms with Crippen LogP contribution in [0.1, 0.15) is 19.8 Å². The first-order valence-electron chi connectivity index (χ1n) is 5.28. The summed E-state index contributed by atoms with van der Waals surface area (Å²) in [6.45, 7) is 2.43. The Bertz CT molecular complexity index is 323. The summed E-state index contributed by atoms with van der Waals surface area (Å²) in [6, 6.07) is 0.967. The summed E-state index contributed by atoms with van der Waals surface area (Å²) < 4.78 is 0. The Balaban J connectivity index is 2.57. The van der Waals surface area contributed by atoms with Crippen molar-refractivity contribution in [1.29, 1.82) is 5.26 Å². The molecule has 0 radical (unpaired) electrons. The zero-order valence-electron chi connectivity index (χ0n) is 9.49. The van der Waals surface area contributed by atoms with Gasteiger partial charge in [0, 0.05) is 13.6 Å². The number of amides is 3. The lowest BCUT2D eigenvalue weighted by molar-refractivity contribution is -0.124. The van der Waals surface area contributed by atoms with Gasteiger partial charge in [-0.1, -0.05) is 0 Å². The van der Waals surface area contributed by atoms with Crippen molar-refractivity contribution in [3.05, 3.63) is 0 Å². The number of nitriles is 1. The Kier molecular flexibility index (Phi) is 4.26. The Labute approximate surface area is 94.6 Å². The molecule has 88 valence electrons. The van der Waals surface area contributed by atoms with Crippen LogP contribution in [0.4, 0.5) is 4.79 Å². The Hall–Kier alpha value is -1.61. The maximum Gasteiger partial charge on any atom is 0.321 e. The van der Waals surface area contributed by atoms with Crippen LogP contribution in [0.3, 0.4) is 0 Å². The summed E-state index contributed by atoms with van der Waals surface area (Å²) in [6.07, 6.45) is 1.70. The molecule has 6 heteroatoms. The molecule has 0 aromatic heterocycles. The van der Waals surface area contributed by atoms with E-state index in [1.54, 1.807) is 6.92 Å². The number of hydrogen-bond acceptors (Lipinski definition) is 4. The number of imide groups is 1. The summed E-state index contributed by atoms with van der Waals surface area (Å²) in [4.78, 5) is 24.4. The minimum Gasteiger partial charge on any atom is -0.341 e. The van der Waals surface area contributed by atoms with Crippen LogP contribution in [0.15, 0.2) is 0 Å². The third-order valence-corrected chi connectivity index (χ3v) is 2.78. The van der Waals surface area contributed by atoms with Crippen molar-refractivity contribution in [3.8, 4) is 6.07 Å².